The van der Waals surface area contributed by atoms with Gasteiger partial charge in [0.15, 0.2) is 0 Å². The summed E-state index contributed by atoms with van der Waals surface area (Å²) in [5.41, 5.74) is 1.06. The van der Waals surface area contributed by atoms with Gasteiger partial charge < -0.3 is 5.32 Å². The fourth-order valence-corrected chi connectivity index (χ4v) is 3.74. The molecule has 0 aliphatic carbocycles. The van der Waals surface area contributed by atoms with E-state index in [-0.39, 0.29) is 18.2 Å². The predicted molar refractivity (Wildman–Crippen MR) is 81.1 cm³/mol. The third kappa shape index (κ3) is 3.69. The van der Waals surface area contributed by atoms with Crippen molar-refractivity contribution in [2.24, 2.45) is 5.92 Å². The third-order valence-corrected chi connectivity index (χ3v) is 4.53. The number of piperidine rings is 1. The second-order valence-electron chi connectivity index (χ2n) is 5.41. The Morgan fingerprint density at radius 2 is 2.16 bits per heavy atom. The second kappa shape index (κ2) is 6.53. The Kier molecular flexibility index (Phi) is 5.23. The van der Waals surface area contributed by atoms with Gasteiger partial charge in [-0.25, -0.2) is 4.39 Å². The number of nitrogens with one attached hydrogen (secondary N) is 1. The van der Waals surface area contributed by atoms with Gasteiger partial charge in [-0.15, -0.1) is 12.4 Å². The van der Waals surface area contributed by atoms with Gasteiger partial charge in [0, 0.05) is 23.6 Å². The molecule has 0 bridgehead atoms. The highest BCUT2D eigenvalue weighted by Gasteiger charge is 2.32. The minimum Gasteiger partial charge on any atom is -0.314 e. The summed E-state index contributed by atoms with van der Waals surface area (Å²) in [6.45, 7) is 4.28. The highest BCUT2D eigenvalue weighted by atomic mass is 79.9. The monoisotopic (exact) mass is 348 g/mol. The standard InChI is InChI=1S/C14H18BrFN2.ClH/c15-12-5-10(6-13(16)7-12)8-18-4-2-14-11(9-18)1-3-17-14;/h5-7,11,14,17H,1-4,8-9H2;1H. The summed E-state index contributed by atoms with van der Waals surface area (Å²) >= 11 is 3.35. The van der Waals surface area contributed by atoms with Gasteiger partial charge in [0.1, 0.15) is 5.82 Å². The highest BCUT2D eigenvalue weighted by molar-refractivity contribution is 9.10. The average molecular weight is 350 g/mol. The van der Waals surface area contributed by atoms with Crippen molar-refractivity contribution in [3.8, 4) is 0 Å². The first-order valence-electron chi connectivity index (χ1n) is 6.61. The number of halogens is 3. The molecule has 2 fully saturated rings. The normalized spacial score (nSPS) is 26.8. The maximum atomic E-state index is 13.3. The van der Waals surface area contributed by atoms with E-state index in [2.05, 4.69) is 26.1 Å². The van der Waals surface area contributed by atoms with Crippen molar-refractivity contribution in [2.75, 3.05) is 19.6 Å². The first-order chi connectivity index (χ1) is 8.70. The van der Waals surface area contributed by atoms with Crippen molar-refractivity contribution in [3.63, 3.8) is 0 Å². The molecule has 1 aromatic carbocycles. The lowest BCUT2D eigenvalue weighted by atomic mass is 9.93. The van der Waals surface area contributed by atoms with Crippen LogP contribution in [0.1, 0.15) is 18.4 Å². The Bertz CT molecular complexity index is 423. The maximum Gasteiger partial charge on any atom is 0.124 e. The van der Waals surface area contributed by atoms with E-state index < -0.39 is 0 Å². The van der Waals surface area contributed by atoms with E-state index in [1.54, 1.807) is 6.07 Å². The van der Waals surface area contributed by atoms with Crippen LogP contribution in [-0.4, -0.2) is 30.6 Å². The Labute approximate surface area is 128 Å². The van der Waals surface area contributed by atoms with Crippen LogP contribution in [0.3, 0.4) is 0 Å². The first-order valence-corrected chi connectivity index (χ1v) is 7.41. The van der Waals surface area contributed by atoms with E-state index in [1.165, 1.54) is 18.9 Å². The van der Waals surface area contributed by atoms with E-state index in [1.807, 2.05) is 6.07 Å². The zero-order valence-corrected chi connectivity index (χ0v) is 13.1. The van der Waals surface area contributed by atoms with E-state index in [9.17, 15) is 4.39 Å². The summed E-state index contributed by atoms with van der Waals surface area (Å²) in [5.74, 6) is 0.632. The van der Waals surface area contributed by atoms with Crippen molar-refractivity contribution >= 4 is 28.3 Å². The predicted octanol–water partition coefficient (Wildman–Crippen LogP) is 3.19. The van der Waals surface area contributed by atoms with Crippen LogP contribution in [0.5, 0.6) is 0 Å². The molecule has 0 aromatic heterocycles. The van der Waals surface area contributed by atoms with Gasteiger partial charge in [-0.1, -0.05) is 15.9 Å². The summed E-state index contributed by atoms with van der Waals surface area (Å²) < 4.78 is 14.2. The number of likely N-dealkylation sites (tertiary alicyclic amines) is 1. The van der Waals surface area contributed by atoms with E-state index in [0.717, 1.165) is 48.2 Å². The SMILES string of the molecule is Cl.Fc1cc(Br)cc(CN2CCC3NCCC3C2)c1. The second-order valence-corrected chi connectivity index (χ2v) is 6.33. The molecule has 3 rings (SSSR count). The van der Waals surface area contributed by atoms with Crippen molar-refractivity contribution in [1.82, 2.24) is 10.2 Å². The number of hydrogen-bond acceptors (Lipinski definition) is 2. The quantitative estimate of drug-likeness (QED) is 0.882. The summed E-state index contributed by atoms with van der Waals surface area (Å²) in [5, 5.41) is 3.57. The number of nitrogens with zero attached hydrogens (tertiary/aromatic N) is 1. The fourth-order valence-electron chi connectivity index (χ4n) is 3.23. The minimum absolute atomic E-state index is 0. The van der Waals surface area contributed by atoms with Crippen LogP contribution in [0.4, 0.5) is 4.39 Å². The smallest absolute Gasteiger partial charge is 0.124 e. The summed E-state index contributed by atoms with van der Waals surface area (Å²) in [6.07, 6.45) is 2.51. The molecule has 1 N–H and O–H groups in total. The molecule has 0 radical (unpaired) electrons. The molecule has 0 amide bonds. The van der Waals surface area contributed by atoms with Gasteiger partial charge in [0.05, 0.1) is 0 Å². The molecule has 2 aliphatic heterocycles. The maximum absolute atomic E-state index is 13.3. The number of benzene rings is 1. The zero-order valence-electron chi connectivity index (χ0n) is 10.7. The average Bonchev–Trinajstić information content (AvgIpc) is 2.74. The summed E-state index contributed by atoms with van der Waals surface area (Å²) in [6, 6.07) is 5.89. The molecular formula is C14H19BrClFN2. The molecule has 2 atom stereocenters. The van der Waals surface area contributed by atoms with E-state index in [4.69, 9.17) is 0 Å². The van der Waals surface area contributed by atoms with Crippen LogP contribution in [0.25, 0.3) is 0 Å². The van der Waals surface area contributed by atoms with Crippen LogP contribution in [0, 0.1) is 11.7 Å². The van der Waals surface area contributed by atoms with Crippen molar-refractivity contribution in [2.45, 2.75) is 25.4 Å². The third-order valence-electron chi connectivity index (χ3n) is 4.07. The van der Waals surface area contributed by atoms with Gasteiger partial charge in [0.2, 0.25) is 0 Å². The van der Waals surface area contributed by atoms with Gasteiger partial charge in [-0.3, -0.25) is 4.90 Å². The van der Waals surface area contributed by atoms with Crippen molar-refractivity contribution in [1.29, 1.82) is 0 Å². The Balaban J connectivity index is 0.00000133. The Morgan fingerprint density at radius 1 is 1.32 bits per heavy atom. The van der Waals surface area contributed by atoms with E-state index in [0.29, 0.717) is 0 Å². The van der Waals surface area contributed by atoms with Gasteiger partial charge in [-0.05, 0) is 55.6 Å². The fraction of sp³-hybridized carbons (Fsp3) is 0.571. The molecule has 2 unspecified atom stereocenters. The largest absolute Gasteiger partial charge is 0.314 e. The molecule has 2 nitrogen and oxygen atoms in total. The molecule has 19 heavy (non-hydrogen) atoms. The topological polar surface area (TPSA) is 15.3 Å². The van der Waals surface area contributed by atoms with Crippen LogP contribution in [0.2, 0.25) is 0 Å². The molecule has 2 heterocycles. The van der Waals surface area contributed by atoms with Gasteiger partial charge in [-0.2, -0.15) is 0 Å². The molecule has 2 aliphatic rings. The molecule has 0 saturated carbocycles. The molecule has 0 spiro atoms. The van der Waals surface area contributed by atoms with Crippen LogP contribution < -0.4 is 5.32 Å². The van der Waals surface area contributed by atoms with Crippen molar-refractivity contribution < 1.29 is 4.39 Å². The lowest BCUT2D eigenvalue weighted by Crippen LogP contribution is -2.43. The van der Waals surface area contributed by atoms with E-state index >= 15 is 0 Å². The lowest BCUT2D eigenvalue weighted by Gasteiger charge is -2.34. The Hall–Kier alpha value is -0.160. The first kappa shape index (κ1) is 15.2. The summed E-state index contributed by atoms with van der Waals surface area (Å²) in [7, 11) is 0. The highest BCUT2D eigenvalue weighted by Crippen LogP contribution is 2.26. The van der Waals surface area contributed by atoms with Crippen LogP contribution >= 0.6 is 28.3 Å². The number of fused-ring (bicyclic) bond motifs is 1. The van der Waals surface area contributed by atoms with Crippen LogP contribution in [0.15, 0.2) is 22.7 Å². The summed E-state index contributed by atoms with van der Waals surface area (Å²) in [4.78, 5) is 2.45. The van der Waals surface area contributed by atoms with Gasteiger partial charge in [0.25, 0.3) is 0 Å². The zero-order chi connectivity index (χ0) is 12.5. The Morgan fingerprint density at radius 3 is 2.95 bits per heavy atom. The molecule has 2 saturated heterocycles. The van der Waals surface area contributed by atoms with Crippen molar-refractivity contribution in [3.05, 3.63) is 34.1 Å². The molecular weight excluding hydrogens is 331 g/mol. The number of hydrogen-bond donors (Lipinski definition) is 1. The molecule has 106 valence electrons. The number of rotatable bonds is 2. The van der Waals surface area contributed by atoms with Gasteiger partial charge >= 0.3 is 0 Å². The molecule has 1 aromatic rings. The minimum atomic E-state index is -0.156. The molecule has 5 heteroatoms. The lowest BCUT2D eigenvalue weighted by molar-refractivity contribution is 0.156. The van der Waals surface area contributed by atoms with Crippen LogP contribution in [-0.2, 0) is 6.54 Å².